The van der Waals surface area contributed by atoms with Crippen LogP contribution in [-0.4, -0.2) is 32.3 Å². The van der Waals surface area contributed by atoms with Crippen LogP contribution < -0.4 is 18.0 Å². The molecule has 7 heteroatoms. The molecule has 2 heterocycles. The molecule has 2 aromatic rings. The Morgan fingerprint density at radius 3 is 1.41 bits per heavy atom. The van der Waals surface area contributed by atoms with Gasteiger partial charge in [0.05, 0.1) is 32.3 Å². The Morgan fingerprint density at radius 2 is 1.04 bits per heavy atom. The van der Waals surface area contributed by atoms with Gasteiger partial charge >= 0.3 is 0 Å². The van der Waals surface area contributed by atoms with E-state index in [-0.39, 0.29) is 0 Å². The van der Waals surface area contributed by atoms with Crippen LogP contribution in [0.2, 0.25) is 78.6 Å². The van der Waals surface area contributed by atoms with E-state index in [0.29, 0.717) is 0 Å². The lowest BCUT2D eigenvalue weighted by Crippen LogP contribution is -2.40. The second kappa shape index (κ2) is 7.46. The van der Waals surface area contributed by atoms with Crippen molar-refractivity contribution in [2.24, 2.45) is 0 Å². The molecule has 0 N–H and O–H groups in total. The summed E-state index contributed by atoms with van der Waals surface area (Å²) in [5, 5.41) is 0. The molecule has 0 atom stereocenters. The number of hydrogen-bond acceptors (Lipinski definition) is 2. The Kier molecular flexibility index (Phi) is 6.64. The molecule has 0 saturated heterocycles. The van der Waals surface area contributed by atoms with Gasteiger partial charge in [-0.05, 0) is 41.1 Å². The molecular weight excluding hydrogens is 497 g/mol. The van der Waals surface area contributed by atoms with Crippen LogP contribution >= 0.6 is 38.6 Å². The maximum absolute atomic E-state index is 4.13. The smallest absolute Gasteiger partial charge is 0.0919 e. The molecule has 27 heavy (non-hydrogen) atoms. The van der Waals surface area contributed by atoms with Crippen LogP contribution in [0.15, 0.2) is 10.5 Å². The number of thiophene rings is 2. The van der Waals surface area contributed by atoms with Crippen LogP contribution in [0.1, 0.15) is 0 Å². The van der Waals surface area contributed by atoms with Gasteiger partial charge in [-0.3, -0.25) is 0 Å². The molecule has 0 amide bonds. The van der Waals surface area contributed by atoms with Gasteiger partial charge in [-0.2, -0.15) is 22.7 Å². The number of halogens is 1. The molecule has 0 aliphatic carbocycles. The minimum Gasteiger partial charge on any atom is -0.154 e. The second-order valence-corrected chi connectivity index (χ2v) is 36.2. The maximum Gasteiger partial charge on any atom is 0.0919 e. The molecule has 0 aromatic carbocycles. The Bertz CT molecular complexity index is 838. The summed E-state index contributed by atoms with van der Waals surface area (Å²) in [6, 6.07) is 2.61. The van der Waals surface area contributed by atoms with Crippen LogP contribution in [-0.2, 0) is 0 Å². The van der Waals surface area contributed by atoms with Crippen molar-refractivity contribution >= 4 is 88.9 Å². The van der Waals surface area contributed by atoms with Crippen molar-refractivity contribution in [3.05, 3.63) is 10.5 Å². The van der Waals surface area contributed by atoms with Crippen molar-refractivity contribution in [1.29, 1.82) is 0 Å². The maximum atomic E-state index is 4.13. The van der Waals surface area contributed by atoms with E-state index in [1.807, 2.05) is 0 Å². The lowest BCUT2D eigenvalue weighted by atomic mass is 10.2. The first kappa shape index (κ1) is 24.0. The van der Waals surface area contributed by atoms with Crippen LogP contribution in [0.5, 0.6) is 0 Å². The summed E-state index contributed by atoms with van der Waals surface area (Å²) in [7, 11) is -5.53. The van der Waals surface area contributed by atoms with Gasteiger partial charge in [0, 0.05) is 14.5 Å². The fourth-order valence-corrected chi connectivity index (χ4v) is 17.4. The largest absolute Gasteiger partial charge is 0.154 e. The Hall–Kier alpha value is 0.748. The molecule has 152 valence electrons. The Labute approximate surface area is 188 Å². The van der Waals surface area contributed by atoms with E-state index >= 15 is 0 Å². The highest BCUT2D eigenvalue weighted by molar-refractivity contribution is 9.10. The number of rotatable bonds is 5. The first-order valence-electron chi connectivity index (χ1n) is 9.83. The van der Waals surface area contributed by atoms with E-state index in [9.17, 15) is 0 Å². The molecule has 2 aromatic heterocycles. The summed E-state index contributed by atoms with van der Waals surface area (Å²) in [6.45, 7) is 30.0. The van der Waals surface area contributed by atoms with Gasteiger partial charge in [-0.15, -0.1) is 0 Å². The first-order chi connectivity index (χ1) is 11.8. The Balaban J connectivity index is 2.93. The molecule has 0 nitrogen and oxygen atoms in total. The monoisotopic (exact) mass is 532 g/mol. The highest BCUT2D eigenvalue weighted by atomic mass is 79.9. The summed E-state index contributed by atoms with van der Waals surface area (Å²) in [6.07, 6.45) is 0. The standard InChI is InChI=1S/C20H37BrS2Si4/c1-24(2,3)15-13-14(18(22-15)25(4,5)6)16-17(21)20(27(10,11)12)23-19(16)26(7,8)9/h13H,1-12H3. The molecule has 0 bridgehead atoms. The lowest BCUT2D eigenvalue weighted by Gasteiger charge is -2.21. The third-order valence-corrected chi connectivity index (χ3v) is 22.7. The lowest BCUT2D eigenvalue weighted by molar-refractivity contribution is 1.71. The topological polar surface area (TPSA) is 0 Å². The van der Waals surface area contributed by atoms with Crippen LogP contribution in [0.3, 0.4) is 0 Å². The molecule has 0 spiro atoms. The SMILES string of the molecule is C[Si](C)(C)c1cc(-c2c([Si](C)(C)C)sc([Si](C)(C)C)c2Br)c([Si](C)(C)C)s1. The van der Waals surface area contributed by atoms with Gasteiger partial charge in [-0.1, -0.05) is 78.6 Å². The highest BCUT2D eigenvalue weighted by Gasteiger charge is 2.36. The van der Waals surface area contributed by atoms with Gasteiger partial charge in [-0.25, -0.2) is 0 Å². The molecule has 0 saturated carbocycles. The van der Waals surface area contributed by atoms with Crippen LogP contribution in [0.4, 0.5) is 0 Å². The van der Waals surface area contributed by atoms with Gasteiger partial charge in [0.25, 0.3) is 0 Å². The van der Waals surface area contributed by atoms with Crippen molar-refractivity contribution in [2.75, 3.05) is 0 Å². The van der Waals surface area contributed by atoms with Gasteiger partial charge < -0.3 is 0 Å². The van der Waals surface area contributed by atoms with Crippen LogP contribution in [0, 0.1) is 0 Å². The average molecular weight is 534 g/mol. The summed E-state index contributed by atoms with van der Waals surface area (Å²) < 4.78 is 8.16. The Morgan fingerprint density at radius 1 is 0.593 bits per heavy atom. The predicted octanol–water partition coefficient (Wildman–Crippen LogP) is 6.42. The van der Waals surface area contributed by atoms with Gasteiger partial charge in [0.2, 0.25) is 0 Å². The minimum absolute atomic E-state index is 1.32. The van der Waals surface area contributed by atoms with Crippen molar-refractivity contribution in [2.45, 2.75) is 78.6 Å². The summed E-state index contributed by atoms with van der Waals surface area (Å²) in [5.74, 6) is 0. The normalized spacial score (nSPS) is 14.1. The van der Waals surface area contributed by atoms with E-state index < -0.39 is 32.3 Å². The zero-order valence-electron chi connectivity index (χ0n) is 19.3. The van der Waals surface area contributed by atoms with Crippen molar-refractivity contribution in [3.8, 4) is 11.1 Å². The van der Waals surface area contributed by atoms with Crippen molar-refractivity contribution < 1.29 is 0 Å². The van der Waals surface area contributed by atoms with Crippen molar-refractivity contribution in [1.82, 2.24) is 0 Å². The zero-order chi connectivity index (χ0) is 21.2. The van der Waals surface area contributed by atoms with E-state index in [1.165, 1.54) is 4.47 Å². The molecule has 0 aliphatic heterocycles. The summed E-state index contributed by atoms with van der Waals surface area (Å²) >= 11 is 8.41. The van der Waals surface area contributed by atoms with Gasteiger partial charge in [0.15, 0.2) is 0 Å². The van der Waals surface area contributed by atoms with Crippen LogP contribution in [0.25, 0.3) is 11.1 Å². The third-order valence-electron chi connectivity index (χ3n) is 4.63. The van der Waals surface area contributed by atoms with Crippen molar-refractivity contribution in [3.63, 3.8) is 0 Å². The first-order valence-corrected chi connectivity index (χ1v) is 26.3. The molecule has 0 radical (unpaired) electrons. The second-order valence-electron chi connectivity index (χ2n) is 11.8. The quantitative estimate of drug-likeness (QED) is 0.389. The molecule has 0 aliphatic rings. The molecular formula is C20H37BrS2Si4. The van der Waals surface area contributed by atoms with E-state index in [4.69, 9.17) is 0 Å². The zero-order valence-corrected chi connectivity index (χ0v) is 26.5. The molecule has 0 unspecified atom stereocenters. The highest BCUT2D eigenvalue weighted by Crippen LogP contribution is 2.35. The van der Waals surface area contributed by atoms with Gasteiger partial charge in [0.1, 0.15) is 0 Å². The predicted molar refractivity (Wildman–Crippen MR) is 147 cm³/mol. The molecule has 2 rings (SSSR count). The third kappa shape index (κ3) is 5.09. The number of hydrogen-bond donors (Lipinski definition) is 0. The fourth-order valence-electron chi connectivity index (χ4n) is 3.17. The van der Waals surface area contributed by atoms with E-state index in [1.54, 1.807) is 29.1 Å². The molecule has 0 fully saturated rings. The fraction of sp³-hybridized carbons (Fsp3) is 0.600. The summed E-state index contributed by atoms with van der Waals surface area (Å²) in [5.41, 5.74) is 3.16. The minimum atomic E-state index is -1.43. The van der Waals surface area contributed by atoms with E-state index in [0.717, 1.165) is 0 Å². The summed E-state index contributed by atoms with van der Waals surface area (Å²) in [4.78, 5) is 0. The van der Waals surface area contributed by atoms with E-state index in [2.05, 4.69) is 123 Å². The average Bonchev–Trinajstić information content (AvgIpc) is 2.96.